The summed E-state index contributed by atoms with van der Waals surface area (Å²) in [6.45, 7) is 1.02. The first kappa shape index (κ1) is 20.9. The summed E-state index contributed by atoms with van der Waals surface area (Å²) in [5.74, 6) is -0.486. The van der Waals surface area contributed by atoms with E-state index in [0.29, 0.717) is 30.2 Å². The van der Waals surface area contributed by atoms with Crippen molar-refractivity contribution in [2.75, 3.05) is 13.1 Å². The average Bonchev–Trinajstić information content (AvgIpc) is 3.40. The maximum absolute atomic E-state index is 13.3. The van der Waals surface area contributed by atoms with E-state index in [-0.39, 0.29) is 17.7 Å². The van der Waals surface area contributed by atoms with Gasteiger partial charge in [0, 0.05) is 47.6 Å². The molecule has 3 N–H and O–H groups in total. The summed E-state index contributed by atoms with van der Waals surface area (Å²) in [6.07, 6.45) is 2.56. The smallest absolute Gasteiger partial charge is 0.268 e. The number of halogens is 1. The molecule has 1 unspecified atom stereocenters. The Bertz CT molecular complexity index is 1110. The van der Waals surface area contributed by atoms with E-state index in [0.717, 1.165) is 22.9 Å². The van der Waals surface area contributed by atoms with Crippen molar-refractivity contribution < 1.29 is 14.8 Å². The molecule has 7 nitrogen and oxygen atoms in total. The molecule has 2 amide bonds. The van der Waals surface area contributed by atoms with Crippen LogP contribution >= 0.6 is 11.6 Å². The normalized spacial score (nSPS) is 17.3. The summed E-state index contributed by atoms with van der Waals surface area (Å²) in [4.78, 5) is 31.0. The summed E-state index contributed by atoms with van der Waals surface area (Å²) in [5.41, 5.74) is 2.12. The van der Waals surface area contributed by atoms with Crippen LogP contribution in [0.2, 0.25) is 5.02 Å². The number of fused-ring (bicyclic) bond motifs is 1. The summed E-state index contributed by atoms with van der Waals surface area (Å²) in [7, 11) is 0. The Kier molecular flexibility index (Phi) is 6.23. The van der Waals surface area contributed by atoms with E-state index in [2.05, 4.69) is 15.5 Å². The molecule has 160 valence electrons. The minimum absolute atomic E-state index is 0.0143. The van der Waals surface area contributed by atoms with Crippen LogP contribution < -0.4 is 5.32 Å². The first-order valence-corrected chi connectivity index (χ1v) is 10.5. The standard InChI is InChI=1S/C23H23ClN4O3/c24-18-6-7-19-17(11-18)12-20(26-19)22(29)27-21(10-15-4-2-1-3-5-15)23(30)28-9-8-16(14-28)13-25-31/h1-7,11-13,16,21,26,31H,8-10,14H2,(H,27,29)/b25-13+/t16?,21-/m0/s1. The number of rotatable bonds is 6. The van der Waals surface area contributed by atoms with Crippen molar-refractivity contribution in [2.24, 2.45) is 11.1 Å². The lowest BCUT2D eigenvalue weighted by Gasteiger charge is -2.24. The molecule has 1 saturated heterocycles. The van der Waals surface area contributed by atoms with Gasteiger partial charge in [-0.15, -0.1) is 5.16 Å². The minimum atomic E-state index is -0.713. The van der Waals surface area contributed by atoms with Gasteiger partial charge >= 0.3 is 0 Å². The molecule has 2 heterocycles. The average molecular weight is 439 g/mol. The number of oxime groups is 1. The lowest BCUT2D eigenvalue weighted by atomic mass is 10.0. The SMILES string of the molecule is O=C(N[C@@H](Cc1ccccc1)C(=O)N1CCC(/C=N/O)C1)c1cc2cc(Cl)ccc2[nH]1. The molecule has 1 aliphatic rings. The Morgan fingerprint density at radius 3 is 2.84 bits per heavy atom. The second kappa shape index (κ2) is 9.22. The molecule has 0 saturated carbocycles. The van der Waals surface area contributed by atoms with Crippen LogP contribution in [0.5, 0.6) is 0 Å². The number of H-pyrrole nitrogens is 1. The molecule has 1 aromatic heterocycles. The first-order chi connectivity index (χ1) is 15.0. The molecule has 4 rings (SSSR count). The highest BCUT2D eigenvalue weighted by Gasteiger charge is 2.31. The molecular formula is C23H23ClN4O3. The molecule has 1 fully saturated rings. The van der Waals surface area contributed by atoms with Crippen molar-refractivity contribution in [1.29, 1.82) is 0 Å². The monoisotopic (exact) mass is 438 g/mol. The molecule has 0 aliphatic carbocycles. The number of aromatic amines is 1. The molecule has 0 bridgehead atoms. The van der Waals surface area contributed by atoms with Crippen molar-refractivity contribution in [1.82, 2.24) is 15.2 Å². The molecule has 2 atom stereocenters. The fraction of sp³-hybridized carbons (Fsp3) is 0.261. The molecule has 0 radical (unpaired) electrons. The largest absolute Gasteiger partial charge is 0.411 e. The van der Waals surface area contributed by atoms with Gasteiger partial charge in [-0.2, -0.15) is 0 Å². The Balaban J connectivity index is 1.54. The zero-order chi connectivity index (χ0) is 21.8. The van der Waals surface area contributed by atoms with Crippen molar-refractivity contribution in [3.05, 3.63) is 70.9 Å². The predicted octanol–water partition coefficient (Wildman–Crippen LogP) is 3.47. The molecule has 3 aromatic rings. The van der Waals surface area contributed by atoms with Gasteiger partial charge in [0.25, 0.3) is 5.91 Å². The zero-order valence-corrected chi connectivity index (χ0v) is 17.5. The van der Waals surface area contributed by atoms with Gasteiger partial charge < -0.3 is 20.4 Å². The molecule has 1 aliphatic heterocycles. The van der Waals surface area contributed by atoms with Gasteiger partial charge in [-0.05, 0) is 36.2 Å². The lowest BCUT2D eigenvalue weighted by molar-refractivity contribution is -0.132. The summed E-state index contributed by atoms with van der Waals surface area (Å²) >= 11 is 6.04. The first-order valence-electron chi connectivity index (χ1n) is 10.1. The van der Waals surface area contributed by atoms with E-state index in [9.17, 15) is 9.59 Å². The number of carbonyl (C=O) groups excluding carboxylic acids is 2. The number of likely N-dealkylation sites (tertiary alicyclic amines) is 1. The van der Waals surface area contributed by atoms with Gasteiger partial charge in [-0.25, -0.2) is 0 Å². The van der Waals surface area contributed by atoms with Crippen LogP contribution in [-0.4, -0.2) is 52.3 Å². The molecule has 31 heavy (non-hydrogen) atoms. The van der Waals surface area contributed by atoms with Crippen molar-refractivity contribution in [3.63, 3.8) is 0 Å². The number of hydrogen-bond acceptors (Lipinski definition) is 4. The van der Waals surface area contributed by atoms with Crippen LogP contribution in [0, 0.1) is 5.92 Å². The van der Waals surface area contributed by atoms with E-state index in [1.165, 1.54) is 6.21 Å². The van der Waals surface area contributed by atoms with Crippen LogP contribution in [0.1, 0.15) is 22.5 Å². The number of nitrogens with one attached hydrogen (secondary N) is 2. The highest BCUT2D eigenvalue weighted by atomic mass is 35.5. The topological polar surface area (TPSA) is 97.8 Å². The van der Waals surface area contributed by atoms with E-state index in [4.69, 9.17) is 16.8 Å². The maximum Gasteiger partial charge on any atom is 0.268 e. The van der Waals surface area contributed by atoms with E-state index in [1.807, 2.05) is 36.4 Å². The minimum Gasteiger partial charge on any atom is -0.411 e. The number of nitrogens with zero attached hydrogens (tertiary/aromatic N) is 2. The van der Waals surface area contributed by atoms with Crippen LogP contribution in [0.4, 0.5) is 0 Å². The molecular weight excluding hydrogens is 416 g/mol. The molecule has 2 aromatic carbocycles. The van der Waals surface area contributed by atoms with Gasteiger partial charge in [0.2, 0.25) is 5.91 Å². The van der Waals surface area contributed by atoms with Crippen LogP contribution in [0.25, 0.3) is 10.9 Å². The second-order valence-electron chi connectivity index (χ2n) is 7.73. The highest BCUT2D eigenvalue weighted by Crippen LogP contribution is 2.21. The van der Waals surface area contributed by atoms with Crippen molar-refractivity contribution in [3.8, 4) is 0 Å². The lowest BCUT2D eigenvalue weighted by Crippen LogP contribution is -2.49. The van der Waals surface area contributed by atoms with E-state index >= 15 is 0 Å². The quantitative estimate of drug-likeness (QED) is 0.312. The van der Waals surface area contributed by atoms with Crippen molar-refractivity contribution >= 4 is 40.5 Å². The Labute approximate surface area is 184 Å². The predicted molar refractivity (Wildman–Crippen MR) is 120 cm³/mol. The summed E-state index contributed by atoms with van der Waals surface area (Å²) < 4.78 is 0. The van der Waals surface area contributed by atoms with E-state index in [1.54, 1.807) is 23.1 Å². The van der Waals surface area contributed by atoms with Crippen molar-refractivity contribution in [2.45, 2.75) is 18.9 Å². The number of benzene rings is 2. The Morgan fingerprint density at radius 2 is 2.06 bits per heavy atom. The van der Waals surface area contributed by atoms with E-state index < -0.39 is 6.04 Å². The number of carbonyl (C=O) groups is 2. The fourth-order valence-corrected chi connectivity index (χ4v) is 4.12. The fourth-order valence-electron chi connectivity index (χ4n) is 3.94. The zero-order valence-electron chi connectivity index (χ0n) is 16.8. The Morgan fingerprint density at radius 1 is 1.26 bits per heavy atom. The van der Waals surface area contributed by atoms with Crippen LogP contribution in [0.15, 0.2) is 59.8 Å². The summed E-state index contributed by atoms with van der Waals surface area (Å²) in [6, 6.07) is 16.0. The Hall–Kier alpha value is -3.32. The molecule has 0 spiro atoms. The summed E-state index contributed by atoms with van der Waals surface area (Å²) in [5, 5.41) is 16.2. The van der Waals surface area contributed by atoms with Crippen LogP contribution in [0.3, 0.4) is 0 Å². The second-order valence-corrected chi connectivity index (χ2v) is 8.16. The van der Waals surface area contributed by atoms with Gasteiger partial charge in [0.1, 0.15) is 11.7 Å². The van der Waals surface area contributed by atoms with Gasteiger partial charge in [0.15, 0.2) is 0 Å². The maximum atomic E-state index is 13.3. The number of hydrogen-bond donors (Lipinski definition) is 3. The third-order valence-electron chi connectivity index (χ3n) is 5.53. The van der Waals surface area contributed by atoms with Crippen LogP contribution in [-0.2, 0) is 11.2 Å². The number of aromatic nitrogens is 1. The third-order valence-corrected chi connectivity index (χ3v) is 5.76. The highest BCUT2D eigenvalue weighted by molar-refractivity contribution is 6.31. The van der Waals surface area contributed by atoms with Gasteiger partial charge in [0.05, 0.1) is 0 Å². The van der Waals surface area contributed by atoms with Gasteiger partial charge in [-0.3, -0.25) is 9.59 Å². The third kappa shape index (κ3) is 4.88. The van der Waals surface area contributed by atoms with Gasteiger partial charge in [-0.1, -0.05) is 41.9 Å². The number of amides is 2. The molecule has 8 heteroatoms.